The molecule has 6 heteroatoms. The molecule has 1 aromatic carbocycles. The van der Waals surface area contributed by atoms with Crippen LogP contribution in [0.15, 0.2) is 35.1 Å². The maximum Gasteiger partial charge on any atom is 0.277 e. The number of aryl methyl sites for hydroxylation is 1. The maximum absolute atomic E-state index is 12.7. The van der Waals surface area contributed by atoms with Gasteiger partial charge in [-0.25, -0.2) is 9.50 Å². The van der Waals surface area contributed by atoms with Gasteiger partial charge in [0.25, 0.3) is 5.56 Å². The van der Waals surface area contributed by atoms with Crippen molar-refractivity contribution in [3.8, 4) is 11.4 Å². The molecule has 1 aliphatic heterocycles. The Balaban J connectivity index is 1.92. The third-order valence-electron chi connectivity index (χ3n) is 4.57. The number of H-pyrrole nitrogens is 1. The summed E-state index contributed by atoms with van der Waals surface area (Å²) in [5, 5.41) is 4.71. The molecular weight excluding hydrogens is 304 g/mol. The Bertz CT molecular complexity index is 908. The van der Waals surface area contributed by atoms with E-state index in [4.69, 9.17) is 14.8 Å². The Labute approximate surface area is 139 Å². The number of fused-ring (bicyclic) bond motifs is 1. The van der Waals surface area contributed by atoms with Gasteiger partial charge in [-0.3, -0.25) is 4.79 Å². The lowest BCUT2D eigenvalue weighted by Gasteiger charge is -2.20. The zero-order valence-corrected chi connectivity index (χ0v) is 13.7. The molecule has 0 radical (unpaired) electrons. The maximum atomic E-state index is 12.7. The fourth-order valence-electron chi connectivity index (χ4n) is 3.29. The third-order valence-corrected chi connectivity index (χ3v) is 4.57. The average Bonchev–Trinajstić information content (AvgIpc) is 3.02. The Morgan fingerprint density at radius 1 is 1.25 bits per heavy atom. The molecule has 0 atom stereocenters. The van der Waals surface area contributed by atoms with Gasteiger partial charge in [-0.05, 0) is 19.3 Å². The smallest absolute Gasteiger partial charge is 0.277 e. The summed E-state index contributed by atoms with van der Waals surface area (Å²) in [4.78, 5) is 20.3. The molecular formula is C18H20N4O2. The molecule has 0 bridgehead atoms. The minimum atomic E-state index is -0.133. The van der Waals surface area contributed by atoms with Crippen molar-refractivity contribution in [1.82, 2.24) is 19.6 Å². The Morgan fingerprint density at radius 3 is 2.71 bits per heavy atom. The molecule has 0 amide bonds. The number of hydrogen-bond acceptors (Lipinski definition) is 4. The molecule has 1 aliphatic rings. The number of rotatable bonds is 3. The highest BCUT2D eigenvalue weighted by molar-refractivity contribution is 5.58. The van der Waals surface area contributed by atoms with Crippen molar-refractivity contribution in [2.75, 3.05) is 13.2 Å². The number of hydrogen-bond donors (Lipinski definition) is 1. The van der Waals surface area contributed by atoms with E-state index >= 15 is 0 Å². The van der Waals surface area contributed by atoms with Crippen LogP contribution in [-0.2, 0) is 11.2 Å². The summed E-state index contributed by atoms with van der Waals surface area (Å²) < 4.78 is 7.22. The summed E-state index contributed by atoms with van der Waals surface area (Å²) in [6.45, 7) is 3.48. The van der Waals surface area contributed by atoms with E-state index < -0.39 is 0 Å². The minimum absolute atomic E-state index is 0.133. The first-order valence-corrected chi connectivity index (χ1v) is 8.43. The van der Waals surface area contributed by atoms with Crippen molar-refractivity contribution in [2.24, 2.45) is 0 Å². The van der Waals surface area contributed by atoms with Gasteiger partial charge in [0.05, 0.1) is 5.69 Å². The van der Waals surface area contributed by atoms with Crippen LogP contribution in [0.3, 0.4) is 0 Å². The van der Waals surface area contributed by atoms with Crippen molar-refractivity contribution in [2.45, 2.75) is 32.1 Å². The molecule has 3 aromatic rings. The largest absolute Gasteiger partial charge is 0.381 e. The van der Waals surface area contributed by atoms with Crippen LogP contribution in [0.4, 0.5) is 0 Å². The predicted molar refractivity (Wildman–Crippen MR) is 91.2 cm³/mol. The number of nitrogens with one attached hydrogen (secondary N) is 1. The highest BCUT2D eigenvalue weighted by Gasteiger charge is 2.24. The molecule has 1 N–H and O–H groups in total. The van der Waals surface area contributed by atoms with Gasteiger partial charge in [0.1, 0.15) is 5.82 Å². The fourth-order valence-corrected chi connectivity index (χ4v) is 3.29. The topological polar surface area (TPSA) is 72.3 Å². The van der Waals surface area contributed by atoms with Crippen molar-refractivity contribution in [1.29, 1.82) is 0 Å². The number of aromatic amines is 1. The second-order valence-electron chi connectivity index (χ2n) is 6.09. The van der Waals surface area contributed by atoms with Crippen LogP contribution < -0.4 is 5.56 Å². The molecule has 0 aliphatic carbocycles. The SMILES string of the molecule is CCc1nc(C2CCOCC2)n2nc(-c3ccccc3)[nH]c(=O)c12. The van der Waals surface area contributed by atoms with Gasteiger partial charge in [-0.1, -0.05) is 37.3 Å². The van der Waals surface area contributed by atoms with Crippen LogP contribution in [0.25, 0.3) is 16.9 Å². The summed E-state index contributed by atoms with van der Waals surface area (Å²) in [5.41, 5.74) is 2.14. The summed E-state index contributed by atoms with van der Waals surface area (Å²) in [6.07, 6.45) is 2.54. The number of nitrogens with zero attached hydrogens (tertiary/aromatic N) is 3. The molecule has 6 nitrogen and oxygen atoms in total. The molecule has 3 heterocycles. The summed E-state index contributed by atoms with van der Waals surface area (Å²) >= 11 is 0. The first kappa shape index (κ1) is 15.1. The first-order chi connectivity index (χ1) is 11.8. The van der Waals surface area contributed by atoms with E-state index in [1.807, 2.05) is 37.3 Å². The zero-order chi connectivity index (χ0) is 16.5. The van der Waals surface area contributed by atoms with Gasteiger partial charge in [0, 0.05) is 24.7 Å². The van der Waals surface area contributed by atoms with Gasteiger partial charge in [-0.15, -0.1) is 5.10 Å². The second kappa shape index (κ2) is 6.20. The van der Waals surface area contributed by atoms with Gasteiger partial charge in [-0.2, -0.15) is 0 Å². The summed E-state index contributed by atoms with van der Waals surface area (Å²) in [5.74, 6) is 1.74. The molecule has 4 rings (SSSR count). The molecule has 1 saturated heterocycles. The van der Waals surface area contributed by atoms with E-state index in [1.165, 1.54) is 0 Å². The van der Waals surface area contributed by atoms with E-state index in [1.54, 1.807) is 4.52 Å². The van der Waals surface area contributed by atoms with E-state index in [-0.39, 0.29) is 11.5 Å². The van der Waals surface area contributed by atoms with Crippen LogP contribution in [0.1, 0.15) is 37.2 Å². The van der Waals surface area contributed by atoms with Gasteiger partial charge >= 0.3 is 0 Å². The highest BCUT2D eigenvalue weighted by Crippen LogP contribution is 2.27. The summed E-state index contributed by atoms with van der Waals surface area (Å²) in [7, 11) is 0. The van der Waals surface area contributed by atoms with Crippen molar-refractivity contribution < 1.29 is 4.74 Å². The Hall–Kier alpha value is -2.47. The number of benzene rings is 1. The number of aromatic nitrogens is 4. The highest BCUT2D eigenvalue weighted by atomic mass is 16.5. The van der Waals surface area contributed by atoms with Crippen LogP contribution >= 0.6 is 0 Å². The lowest BCUT2D eigenvalue weighted by molar-refractivity contribution is 0.0832. The van der Waals surface area contributed by atoms with Crippen molar-refractivity contribution in [3.63, 3.8) is 0 Å². The van der Waals surface area contributed by atoms with Crippen LogP contribution in [0, 0.1) is 0 Å². The monoisotopic (exact) mass is 324 g/mol. The minimum Gasteiger partial charge on any atom is -0.381 e. The Kier molecular flexibility index (Phi) is 3.90. The first-order valence-electron chi connectivity index (χ1n) is 8.43. The normalized spacial score (nSPS) is 15.9. The molecule has 0 unspecified atom stereocenters. The van der Waals surface area contributed by atoms with E-state index in [0.29, 0.717) is 17.8 Å². The molecule has 1 fully saturated rings. The molecule has 2 aromatic heterocycles. The molecule has 0 spiro atoms. The van der Waals surface area contributed by atoms with Crippen LogP contribution in [0.5, 0.6) is 0 Å². The quantitative estimate of drug-likeness (QED) is 0.803. The molecule has 0 saturated carbocycles. The zero-order valence-electron chi connectivity index (χ0n) is 13.7. The standard InChI is InChI=1S/C18H20N4O2/c1-2-14-15-18(23)20-16(12-6-4-3-5-7-12)21-22(15)17(19-14)13-8-10-24-11-9-13/h3-7,13H,2,8-11H2,1H3,(H,20,21,23). The predicted octanol–water partition coefficient (Wildman–Crippen LogP) is 2.54. The fraction of sp³-hybridized carbons (Fsp3) is 0.389. The number of imidazole rings is 1. The van der Waals surface area contributed by atoms with E-state index in [0.717, 1.165) is 43.1 Å². The van der Waals surface area contributed by atoms with Crippen LogP contribution in [-0.4, -0.2) is 32.8 Å². The van der Waals surface area contributed by atoms with E-state index in [2.05, 4.69) is 4.98 Å². The van der Waals surface area contributed by atoms with Gasteiger partial charge in [0.15, 0.2) is 11.3 Å². The third kappa shape index (κ3) is 2.53. The van der Waals surface area contributed by atoms with Gasteiger partial charge in [0.2, 0.25) is 0 Å². The van der Waals surface area contributed by atoms with Crippen molar-refractivity contribution in [3.05, 3.63) is 52.2 Å². The summed E-state index contributed by atoms with van der Waals surface area (Å²) in [6, 6.07) is 9.69. The van der Waals surface area contributed by atoms with Crippen molar-refractivity contribution >= 4 is 5.52 Å². The second-order valence-corrected chi connectivity index (χ2v) is 6.09. The average molecular weight is 324 g/mol. The molecule has 24 heavy (non-hydrogen) atoms. The lowest BCUT2D eigenvalue weighted by atomic mass is 10.00. The lowest BCUT2D eigenvalue weighted by Crippen LogP contribution is -2.19. The molecule has 124 valence electrons. The number of ether oxygens (including phenoxy) is 1. The Morgan fingerprint density at radius 2 is 2.00 bits per heavy atom. The van der Waals surface area contributed by atoms with Crippen LogP contribution in [0.2, 0.25) is 0 Å². The van der Waals surface area contributed by atoms with Gasteiger partial charge < -0.3 is 9.72 Å². The van der Waals surface area contributed by atoms with E-state index in [9.17, 15) is 4.79 Å².